The predicted octanol–water partition coefficient (Wildman–Crippen LogP) is 1.04. The zero-order valence-electron chi connectivity index (χ0n) is 15.4. The molecule has 0 bridgehead atoms. The number of thioether (sulfide) groups is 1. The molecule has 28 heavy (non-hydrogen) atoms. The number of nitrogens with zero attached hydrogens (tertiary/aromatic N) is 1. The molecule has 3 rings (SSSR count). The van der Waals surface area contributed by atoms with E-state index in [4.69, 9.17) is 0 Å². The van der Waals surface area contributed by atoms with E-state index < -0.39 is 15.9 Å². The second-order valence-corrected chi connectivity index (χ2v) is 9.39. The number of H-pyrrole nitrogens is 1. The molecule has 3 N–H and O–H groups in total. The predicted molar refractivity (Wildman–Crippen MR) is 108 cm³/mol. The van der Waals surface area contributed by atoms with Crippen molar-refractivity contribution in [1.82, 2.24) is 19.9 Å². The van der Waals surface area contributed by atoms with Crippen molar-refractivity contribution in [3.05, 3.63) is 53.3 Å². The van der Waals surface area contributed by atoms with E-state index in [0.717, 1.165) is 17.1 Å². The third-order valence-corrected chi connectivity index (χ3v) is 7.22. The second kappa shape index (κ2) is 8.80. The van der Waals surface area contributed by atoms with Crippen LogP contribution in [0, 0.1) is 0 Å². The van der Waals surface area contributed by atoms with Gasteiger partial charge in [0.05, 0.1) is 0 Å². The zero-order chi connectivity index (χ0) is 20.1. The maximum atomic E-state index is 12.6. The van der Waals surface area contributed by atoms with Crippen LogP contribution in [0.4, 0.5) is 0 Å². The molecule has 10 heteroatoms. The van der Waals surface area contributed by atoms with Crippen LogP contribution in [-0.2, 0) is 16.6 Å². The molecule has 150 valence electrons. The molecule has 0 atom stereocenters. The zero-order valence-corrected chi connectivity index (χ0v) is 17.0. The van der Waals surface area contributed by atoms with Crippen LogP contribution in [0.3, 0.4) is 0 Å². The van der Waals surface area contributed by atoms with Crippen LogP contribution in [0.25, 0.3) is 0 Å². The first kappa shape index (κ1) is 20.4. The summed E-state index contributed by atoms with van der Waals surface area (Å²) in [6, 6.07) is 8.22. The van der Waals surface area contributed by atoms with E-state index in [2.05, 4.69) is 15.6 Å². The summed E-state index contributed by atoms with van der Waals surface area (Å²) in [5.74, 6) is 0.972. The van der Waals surface area contributed by atoms with E-state index in [1.807, 2.05) is 0 Å². The first-order valence-electron chi connectivity index (χ1n) is 8.77. The molecule has 0 radical (unpaired) electrons. The molecule has 1 aromatic heterocycles. The molecule has 8 nitrogen and oxygen atoms in total. The van der Waals surface area contributed by atoms with Crippen LogP contribution < -0.4 is 10.6 Å². The van der Waals surface area contributed by atoms with Gasteiger partial charge in [-0.2, -0.15) is 16.1 Å². The van der Waals surface area contributed by atoms with E-state index in [1.54, 1.807) is 43.1 Å². The van der Waals surface area contributed by atoms with Gasteiger partial charge < -0.3 is 15.6 Å². The maximum absolute atomic E-state index is 12.6. The number of hydrogen-bond acceptors (Lipinski definition) is 5. The number of benzene rings is 1. The van der Waals surface area contributed by atoms with E-state index in [0.29, 0.717) is 18.7 Å². The van der Waals surface area contributed by atoms with Crippen molar-refractivity contribution in [2.45, 2.75) is 11.4 Å². The molecule has 2 heterocycles. The fraction of sp³-hybridized carbons (Fsp3) is 0.333. The first-order chi connectivity index (χ1) is 13.4. The fourth-order valence-corrected chi connectivity index (χ4v) is 5.36. The molecule has 2 amide bonds. The van der Waals surface area contributed by atoms with Gasteiger partial charge in [0.15, 0.2) is 0 Å². The Morgan fingerprint density at radius 3 is 2.46 bits per heavy atom. The molecular weight excluding hydrogens is 400 g/mol. The van der Waals surface area contributed by atoms with Crippen LogP contribution in [0.1, 0.15) is 26.4 Å². The van der Waals surface area contributed by atoms with Crippen molar-refractivity contribution in [3.8, 4) is 0 Å². The van der Waals surface area contributed by atoms with Gasteiger partial charge in [0.2, 0.25) is 10.0 Å². The summed E-state index contributed by atoms with van der Waals surface area (Å²) in [6.45, 7) is 1.22. The molecule has 0 saturated carbocycles. The molecule has 2 aromatic rings. The lowest BCUT2D eigenvalue weighted by Crippen LogP contribution is -2.37. The number of nitrogens with one attached hydrogen (secondary N) is 3. The number of carbonyl (C=O) groups is 2. The Balaban J connectivity index is 1.62. The SMILES string of the molecule is CNC(=O)c1ccc(CNC(=O)c2cc(S(=O)(=O)N3CCSCC3)c[nH]2)cc1. The number of hydrogen-bond donors (Lipinski definition) is 3. The van der Waals surface area contributed by atoms with Crippen molar-refractivity contribution in [1.29, 1.82) is 0 Å². The second-order valence-electron chi connectivity index (χ2n) is 6.22. The standard InChI is InChI=1S/C18H22N4O4S2/c1-19-17(23)14-4-2-13(3-5-14)11-21-18(24)16-10-15(12-20-16)28(25,26)22-6-8-27-9-7-22/h2-5,10,12,20H,6-9,11H2,1H3,(H,19,23)(H,21,24). The highest BCUT2D eigenvalue weighted by molar-refractivity contribution is 7.99. The summed E-state index contributed by atoms with van der Waals surface area (Å²) in [5, 5.41) is 5.28. The maximum Gasteiger partial charge on any atom is 0.268 e. The van der Waals surface area contributed by atoms with Crippen molar-refractivity contribution in [3.63, 3.8) is 0 Å². The number of amides is 2. The van der Waals surface area contributed by atoms with E-state index in [1.165, 1.54) is 16.6 Å². The summed E-state index contributed by atoms with van der Waals surface area (Å²) in [5.41, 5.74) is 1.55. The van der Waals surface area contributed by atoms with Crippen LogP contribution in [0.2, 0.25) is 0 Å². The molecule has 1 fully saturated rings. The van der Waals surface area contributed by atoms with Crippen LogP contribution in [0.5, 0.6) is 0 Å². The molecule has 0 aliphatic carbocycles. The fourth-order valence-electron chi connectivity index (χ4n) is 2.79. The Bertz CT molecular complexity index is 948. The minimum Gasteiger partial charge on any atom is -0.356 e. The Hall–Kier alpha value is -2.30. The van der Waals surface area contributed by atoms with Crippen molar-refractivity contribution >= 4 is 33.6 Å². The number of rotatable bonds is 6. The van der Waals surface area contributed by atoms with Gasteiger partial charge in [-0.25, -0.2) is 8.42 Å². The highest BCUT2D eigenvalue weighted by Gasteiger charge is 2.27. The van der Waals surface area contributed by atoms with E-state index >= 15 is 0 Å². The Morgan fingerprint density at radius 2 is 1.82 bits per heavy atom. The lowest BCUT2D eigenvalue weighted by atomic mass is 10.1. The van der Waals surface area contributed by atoms with Crippen LogP contribution >= 0.6 is 11.8 Å². The quantitative estimate of drug-likeness (QED) is 0.644. The topological polar surface area (TPSA) is 111 Å². The van der Waals surface area contributed by atoms with Crippen molar-refractivity contribution < 1.29 is 18.0 Å². The van der Waals surface area contributed by atoms with Crippen molar-refractivity contribution in [2.24, 2.45) is 0 Å². The minimum atomic E-state index is -3.59. The summed E-state index contributed by atoms with van der Waals surface area (Å²) in [7, 11) is -2.03. The molecule has 1 aliphatic rings. The largest absolute Gasteiger partial charge is 0.356 e. The highest BCUT2D eigenvalue weighted by Crippen LogP contribution is 2.20. The van der Waals surface area contributed by atoms with Crippen molar-refractivity contribution in [2.75, 3.05) is 31.6 Å². The van der Waals surface area contributed by atoms with Crippen LogP contribution in [-0.4, -0.2) is 61.2 Å². The highest BCUT2D eigenvalue weighted by atomic mass is 32.2. The molecule has 1 saturated heterocycles. The molecule has 1 aliphatic heterocycles. The number of carbonyl (C=O) groups excluding carboxylic acids is 2. The van der Waals surface area contributed by atoms with Gasteiger partial charge >= 0.3 is 0 Å². The summed E-state index contributed by atoms with van der Waals surface area (Å²) >= 11 is 1.73. The smallest absolute Gasteiger partial charge is 0.268 e. The Labute approximate surface area is 168 Å². The third-order valence-electron chi connectivity index (χ3n) is 4.41. The summed E-state index contributed by atoms with van der Waals surface area (Å²) in [4.78, 5) is 26.7. The monoisotopic (exact) mass is 422 g/mol. The van der Waals surface area contributed by atoms with Gasteiger partial charge in [-0.3, -0.25) is 9.59 Å². The Morgan fingerprint density at radius 1 is 1.14 bits per heavy atom. The molecular formula is C18H22N4O4S2. The lowest BCUT2D eigenvalue weighted by molar-refractivity contribution is 0.0942. The Kier molecular flexibility index (Phi) is 6.42. The van der Waals surface area contributed by atoms with Gasteiger partial charge in [0.1, 0.15) is 10.6 Å². The number of sulfonamides is 1. The summed E-state index contributed by atoms with van der Waals surface area (Å²) < 4.78 is 26.7. The molecule has 0 unspecified atom stereocenters. The third kappa shape index (κ3) is 4.57. The van der Waals surface area contributed by atoms with Gasteiger partial charge in [-0.05, 0) is 23.8 Å². The van der Waals surface area contributed by atoms with E-state index in [9.17, 15) is 18.0 Å². The van der Waals surface area contributed by atoms with Gasteiger partial charge in [0, 0.05) is 49.9 Å². The average molecular weight is 423 g/mol. The van der Waals surface area contributed by atoms with E-state index in [-0.39, 0.29) is 23.0 Å². The summed E-state index contributed by atoms with van der Waals surface area (Å²) in [6.07, 6.45) is 1.35. The minimum absolute atomic E-state index is 0.0967. The average Bonchev–Trinajstić information content (AvgIpc) is 3.24. The normalized spacial score (nSPS) is 15.2. The van der Waals surface area contributed by atoms with Gasteiger partial charge in [-0.1, -0.05) is 12.1 Å². The van der Waals surface area contributed by atoms with Crippen LogP contribution in [0.15, 0.2) is 41.4 Å². The lowest BCUT2D eigenvalue weighted by Gasteiger charge is -2.24. The molecule has 0 spiro atoms. The van der Waals surface area contributed by atoms with Gasteiger partial charge in [0.25, 0.3) is 11.8 Å². The first-order valence-corrected chi connectivity index (χ1v) is 11.4. The number of aromatic nitrogens is 1. The molecule has 1 aromatic carbocycles. The van der Waals surface area contributed by atoms with Gasteiger partial charge in [-0.15, -0.1) is 0 Å². The number of aromatic amines is 1.